The molecule has 1 N–H and O–H groups in total. The van der Waals surface area contributed by atoms with Gasteiger partial charge in [-0.25, -0.2) is 0 Å². The Kier molecular flexibility index (Phi) is 6.14. The largest absolute Gasteiger partial charge is 0.455 e. The van der Waals surface area contributed by atoms with E-state index in [1.807, 2.05) is 43.3 Å². The van der Waals surface area contributed by atoms with Gasteiger partial charge in [-0.1, -0.05) is 18.6 Å². The number of esters is 1. The monoisotopic (exact) mass is 372 g/mol. The van der Waals surface area contributed by atoms with Crippen LogP contribution in [0, 0.1) is 17.8 Å². The normalized spacial score (nSPS) is 24.2. The fourth-order valence-corrected chi connectivity index (χ4v) is 4.09. The Morgan fingerprint density at radius 2 is 1.74 bits per heavy atom. The van der Waals surface area contributed by atoms with Gasteiger partial charge in [0.05, 0.1) is 5.92 Å². The van der Waals surface area contributed by atoms with E-state index < -0.39 is 0 Å². The minimum Gasteiger partial charge on any atom is -0.455 e. The van der Waals surface area contributed by atoms with E-state index in [1.54, 1.807) is 0 Å². The van der Waals surface area contributed by atoms with Crippen molar-refractivity contribution in [3.63, 3.8) is 0 Å². The first-order valence-corrected chi connectivity index (χ1v) is 9.67. The molecule has 0 aliphatic heterocycles. The lowest BCUT2D eigenvalue weighted by Gasteiger charge is -2.36. The lowest BCUT2D eigenvalue weighted by molar-refractivity contribution is -0.156. The van der Waals surface area contributed by atoms with Crippen LogP contribution in [0.25, 0.3) is 0 Å². The second kappa shape index (κ2) is 8.55. The van der Waals surface area contributed by atoms with Gasteiger partial charge in [0.15, 0.2) is 6.61 Å². The first kappa shape index (κ1) is 19.4. The zero-order valence-corrected chi connectivity index (χ0v) is 16.1. The molecule has 6 nitrogen and oxygen atoms in total. The number of nitrogens with zero attached hydrogens (tertiary/aromatic N) is 1. The van der Waals surface area contributed by atoms with Gasteiger partial charge in [-0.3, -0.25) is 14.4 Å². The Balaban J connectivity index is 1.41. The second-order valence-electron chi connectivity index (χ2n) is 7.84. The highest BCUT2D eigenvalue weighted by molar-refractivity contribution is 5.88. The summed E-state index contributed by atoms with van der Waals surface area (Å²) >= 11 is 0. The number of benzene rings is 1. The summed E-state index contributed by atoms with van der Waals surface area (Å²) < 4.78 is 5.21. The summed E-state index contributed by atoms with van der Waals surface area (Å²) in [5.74, 6) is -0.562. The van der Waals surface area contributed by atoms with Crippen LogP contribution in [0.2, 0.25) is 0 Å². The van der Waals surface area contributed by atoms with E-state index in [-0.39, 0.29) is 36.2 Å². The molecule has 1 unspecified atom stereocenters. The summed E-state index contributed by atoms with van der Waals surface area (Å²) in [6.45, 7) is 0.126. The maximum atomic E-state index is 12.3. The Labute approximate surface area is 160 Å². The van der Waals surface area contributed by atoms with E-state index in [2.05, 4.69) is 5.32 Å². The van der Waals surface area contributed by atoms with Crippen molar-refractivity contribution in [2.45, 2.75) is 38.6 Å². The lowest BCUT2D eigenvalue weighted by Crippen LogP contribution is -2.40. The molecule has 0 spiro atoms. The molecule has 2 saturated carbocycles. The maximum Gasteiger partial charge on any atom is 0.309 e. The van der Waals surface area contributed by atoms with Crippen LogP contribution in [-0.4, -0.2) is 38.4 Å². The molecule has 6 heteroatoms. The van der Waals surface area contributed by atoms with E-state index in [9.17, 15) is 14.4 Å². The van der Waals surface area contributed by atoms with E-state index >= 15 is 0 Å². The highest BCUT2D eigenvalue weighted by atomic mass is 16.5. The molecule has 0 saturated heterocycles. The van der Waals surface area contributed by atoms with Gasteiger partial charge in [0.1, 0.15) is 5.78 Å². The number of fused-ring (bicyclic) bond motifs is 2. The molecule has 1 aromatic rings. The number of rotatable bonds is 6. The number of amides is 1. The number of nitrogens with one attached hydrogen (secondary N) is 1. The summed E-state index contributed by atoms with van der Waals surface area (Å²) in [5.41, 5.74) is 2.08. The maximum absolute atomic E-state index is 12.3. The van der Waals surface area contributed by atoms with E-state index in [4.69, 9.17) is 4.74 Å². The quantitative estimate of drug-likeness (QED) is 0.776. The van der Waals surface area contributed by atoms with Crippen molar-refractivity contribution in [1.82, 2.24) is 5.32 Å². The standard InChI is InChI=1S/C21H28N2O4/c1-23(2)18-8-6-14(7-9-18)12-22-19(24)13-27-21(26)17-10-15-4-3-5-16(11-17)20(15)25/h6-9,15-17H,3-5,10-13H2,1-2H3,(H,22,24)/t15-,16+,17?. The van der Waals surface area contributed by atoms with Crippen molar-refractivity contribution in [1.29, 1.82) is 0 Å². The van der Waals surface area contributed by atoms with E-state index in [0.29, 0.717) is 25.2 Å². The second-order valence-corrected chi connectivity index (χ2v) is 7.84. The van der Waals surface area contributed by atoms with E-state index in [0.717, 1.165) is 30.5 Å². The summed E-state index contributed by atoms with van der Waals surface area (Å²) in [5, 5.41) is 2.77. The molecule has 2 fully saturated rings. The number of anilines is 1. The molecule has 3 atom stereocenters. The topological polar surface area (TPSA) is 75.7 Å². The molecule has 0 aromatic heterocycles. The van der Waals surface area contributed by atoms with Crippen molar-refractivity contribution in [3.8, 4) is 0 Å². The van der Waals surface area contributed by atoms with Crippen molar-refractivity contribution < 1.29 is 19.1 Å². The molecule has 0 heterocycles. The van der Waals surface area contributed by atoms with Gasteiger partial charge in [-0.15, -0.1) is 0 Å². The van der Waals surface area contributed by atoms with Crippen molar-refractivity contribution in [2.75, 3.05) is 25.6 Å². The predicted octanol–water partition coefficient (Wildman–Crippen LogP) is 2.31. The fraction of sp³-hybridized carbons (Fsp3) is 0.571. The first-order valence-electron chi connectivity index (χ1n) is 9.67. The molecule has 0 radical (unpaired) electrons. The number of hydrogen-bond acceptors (Lipinski definition) is 5. The average Bonchev–Trinajstić information content (AvgIpc) is 2.64. The van der Waals surface area contributed by atoms with Gasteiger partial charge in [0, 0.05) is 38.2 Å². The van der Waals surface area contributed by atoms with Crippen LogP contribution < -0.4 is 10.2 Å². The Hall–Kier alpha value is -2.37. The minimum atomic E-state index is -0.343. The smallest absolute Gasteiger partial charge is 0.309 e. The molecule has 2 aliphatic carbocycles. The van der Waals surface area contributed by atoms with Gasteiger partial charge in [0.2, 0.25) is 0 Å². The highest BCUT2D eigenvalue weighted by Gasteiger charge is 2.41. The van der Waals surface area contributed by atoms with Crippen LogP contribution in [0.15, 0.2) is 24.3 Å². The van der Waals surface area contributed by atoms with Crippen LogP contribution in [0.3, 0.4) is 0 Å². The summed E-state index contributed by atoms with van der Waals surface area (Å²) in [6.07, 6.45) is 3.99. The zero-order chi connectivity index (χ0) is 19.4. The number of Topliss-reactive ketones (excluding diaryl/α,β-unsaturated/α-hetero) is 1. The summed E-state index contributed by atoms with van der Waals surface area (Å²) in [7, 11) is 3.95. The van der Waals surface area contributed by atoms with E-state index in [1.165, 1.54) is 0 Å². The number of ether oxygens (including phenoxy) is 1. The highest BCUT2D eigenvalue weighted by Crippen LogP contribution is 2.40. The van der Waals surface area contributed by atoms with Crippen LogP contribution in [-0.2, 0) is 25.7 Å². The minimum absolute atomic E-state index is 0.00835. The molecule has 2 bridgehead atoms. The van der Waals surface area contributed by atoms with Crippen LogP contribution in [0.4, 0.5) is 5.69 Å². The third kappa shape index (κ3) is 4.87. The molecule has 1 aromatic carbocycles. The molecular weight excluding hydrogens is 344 g/mol. The average molecular weight is 372 g/mol. The van der Waals surface area contributed by atoms with Gasteiger partial charge in [-0.2, -0.15) is 0 Å². The lowest BCUT2D eigenvalue weighted by atomic mass is 9.67. The van der Waals surface area contributed by atoms with Gasteiger partial charge < -0.3 is 15.0 Å². The van der Waals surface area contributed by atoms with Crippen molar-refractivity contribution >= 4 is 23.3 Å². The molecule has 146 valence electrons. The number of ketones is 1. The predicted molar refractivity (Wildman–Crippen MR) is 102 cm³/mol. The summed E-state index contributed by atoms with van der Waals surface area (Å²) in [6, 6.07) is 7.89. The van der Waals surface area contributed by atoms with Gasteiger partial charge in [-0.05, 0) is 43.4 Å². The van der Waals surface area contributed by atoms with Crippen LogP contribution >= 0.6 is 0 Å². The third-order valence-corrected chi connectivity index (χ3v) is 5.67. The Morgan fingerprint density at radius 1 is 1.11 bits per heavy atom. The molecule has 1 amide bonds. The van der Waals surface area contributed by atoms with Crippen LogP contribution in [0.5, 0.6) is 0 Å². The van der Waals surface area contributed by atoms with Gasteiger partial charge >= 0.3 is 5.97 Å². The van der Waals surface area contributed by atoms with Crippen LogP contribution in [0.1, 0.15) is 37.7 Å². The SMILES string of the molecule is CN(C)c1ccc(CNC(=O)COC(=O)C2C[C@H]3CCC[C@@H](C2)C3=O)cc1. The summed E-state index contributed by atoms with van der Waals surface area (Å²) in [4.78, 5) is 38.4. The Bertz CT molecular complexity index is 683. The third-order valence-electron chi connectivity index (χ3n) is 5.67. The fourth-order valence-electron chi connectivity index (χ4n) is 4.09. The number of carbonyl (C=O) groups is 3. The molecular formula is C21H28N2O4. The van der Waals surface area contributed by atoms with Gasteiger partial charge in [0.25, 0.3) is 5.91 Å². The van der Waals surface area contributed by atoms with Crippen molar-refractivity contribution in [2.24, 2.45) is 17.8 Å². The van der Waals surface area contributed by atoms with Crippen molar-refractivity contribution in [3.05, 3.63) is 29.8 Å². The zero-order valence-electron chi connectivity index (χ0n) is 16.1. The molecule has 2 aliphatic rings. The first-order chi connectivity index (χ1) is 12.9. The number of carbonyl (C=O) groups excluding carboxylic acids is 3. The molecule has 27 heavy (non-hydrogen) atoms. The Morgan fingerprint density at radius 3 is 2.33 bits per heavy atom. The number of hydrogen-bond donors (Lipinski definition) is 1. The molecule has 3 rings (SSSR count).